The van der Waals surface area contributed by atoms with Crippen molar-refractivity contribution in [1.82, 2.24) is 9.78 Å². The quantitative estimate of drug-likeness (QED) is 0.910. The predicted octanol–water partition coefficient (Wildman–Crippen LogP) is 3.15. The van der Waals surface area contributed by atoms with E-state index in [1.807, 2.05) is 26.1 Å². The van der Waals surface area contributed by atoms with E-state index in [0.29, 0.717) is 12.5 Å². The molecule has 0 aliphatic carbocycles. The molecule has 2 aromatic rings. The number of hydrogen-bond donors (Lipinski definition) is 1. The van der Waals surface area contributed by atoms with Crippen molar-refractivity contribution in [2.75, 3.05) is 6.54 Å². The van der Waals surface area contributed by atoms with Gasteiger partial charge in [0.1, 0.15) is 5.75 Å². The first-order chi connectivity index (χ1) is 9.52. The van der Waals surface area contributed by atoms with Gasteiger partial charge < -0.3 is 10.5 Å². The highest BCUT2D eigenvalue weighted by Gasteiger charge is 2.15. The normalized spacial score (nSPS) is 11.1. The fourth-order valence-corrected chi connectivity index (χ4v) is 2.29. The maximum atomic E-state index is 6.05. The molecule has 0 amide bonds. The molecule has 4 heteroatoms. The molecular formula is C16H23N3O. The molecule has 1 aromatic heterocycles. The molecule has 4 nitrogen and oxygen atoms in total. The van der Waals surface area contributed by atoms with E-state index in [1.165, 1.54) is 5.56 Å². The molecule has 1 aromatic carbocycles. The van der Waals surface area contributed by atoms with Gasteiger partial charge >= 0.3 is 0 Å². The summed E-state index contributed by atoms with van der Waals surface area (Å²) in [6, 6.07) is 8.20. The minimum atomic E-state index is 0.482. The largest absolute Gasteiger partial charge is 0.439 e. The van der Waals surface area contributed by atoms with Gasteiger partial charge in [0.15, 0.2) is 0 Å². The van der Waals surface area contributed by atoms with Gasteiger partial charge in [0.05, 0.1) is 5.69 Å². The van der Waals surface area contributed by atoms with Crippen LogP contribution in [0.3, 0.4) is 0 Å². The van der Waals surface area contributed by atoms with E-state index in [-0.39, 0.29) is 0 Å². The van der Waals surface area contributed by atoms with E-state index in [4.69, 9.17) is 10.5 Å². The topological polar surface area (TPSA) is 53.1 Å². The molecule has 0 spiro atoms. The third kappa shape index (κ3) is 3.02. The van der Waals surface area contributed by atoms with Crippen molar-refractivity contribution < 1.29 is 4.74 Å². The number of benzene rings is 1. The van der Waals surface area contributed by atoms with Crippen LogP contribution in [0.5, 0.6) is 11.6 Å². The molecule has 20 heavy (non-hydrogen) atoms. The highest BCUT2D eigenvalue weighted by molar-refractivity contribution is 5.38. The molecule has 0 radical (unpaired) electrons. The van der Waals surface area contributed by atoms with Crippen molar-refractivity contribution in [3.05, 3.63) is 41.1 Å². The molecule has 0 saturated carbocycles. The summed E-state index contributed by atoms with van der Waals surface area (Å²) in [6.45, 7) is 6.93. The highest BCUT2D eigenvalue weighted by Crippen LogP contribution is 2.29. The number of ether oxygens (including phenoxy) is 1. The van der Waals surface area contributed by atoms with E-state index < -0.39 is 0 Å². The van der Waals surface area contributed by atoms with Crippen molar-refractivity contribution in [2.24, 2.45) is 12.8 Å². The van der Waals surface area contributed by atoms with Crippen molar-refractivity contribution in [1.29, 1.82) is 0 Å². The first-order valence-electron chi connectivity index (χ1n) is 7.03. The van der Waals surface area contributed by atoms with E-state index in [0.717, 1.165) is 29.3 Å². The molecule has 0 fully saturated rings. The lowest BCUT2D eigenvalue weighted by Gasteiger charge is -2.11. The summed E-state index contributed by atoms with van der Waals surface area (Å²) in [4.78, 5) is 0. The Morgan fingerprint density at radius 2 is 2.10 bits per heavy atom. The summed E-state index contributed by atoms with van der Waals surface area (Å²) in [7, 11) is 1.90. The fourth-order valence-electron chi connectivity index (χ4n) is 2.29. The number of aryl methyl sites for hydroxylation is 2. The summed E-state index contributed by atoms with van der Waals surface area (Å²) >= 11 is 0. The van der Waals surface area contributed by atoms with Crippen LogP contribution in [0.15, 0.2) is 24.3 Å². The lowest BCUT2D eigenvalue weighted by Crippen LogP contribution is -2.05. The van der Waals surface area contributed by atoms with Crippen LogP contribution < -0.4 is 10.5 Å². The number of nitrogens with two attached hydrogens (primary N) is 1. The average molecular weight is 273 g/mol. The van der Waals surface area contributed by atoms with Gasteiger partial charge in [0.25, 0.3) is 0 Å². The Morgan fingerprint density at radius 1 is 1.35 bits per heavy atom. The van der Waals surface area contributed by atoms with E-state index in [2.05, 4.69) is 31.1 Å². The number of hydrogen-bond acceptors (Lipinski definition) is 3. The van der Waals surface area contributed by atoms with Gasteiger partial charge in [-0.15, -0.1) is 0 Å². The van der Waals surface area contributed by atoms with Gasteiger partial charge in [-0.3, -0.25) is 0 Å². The minimum Gasteiger partial charge on any atom is -0.439 e. The minimum absolute atomic E-state index is 0.482. The summed E-state index contributed by atoms with van der Waals surface area (Å²) in [5.41, 5.74) is 9.01. The summed E-state index contributed by atoms with van der Waals surface area (Å²) in [6.07, 6.45) is 0.777. The van der Waals surface area contributed by atoms with Crippen LogP contribution in [0, 0.1) is 6.92 Å². The first kappa shape index (κ1) is 14.6. The first-order valence-corrected chi connectivity index (χ1v) is 7.03. The summed E-state index contributed by atoms with van der Waals surface area (Å²) in [5, 5.41) is 4.42. The highest BCUT2D eigenvalue weighted by atomic mass is 16.5. The van der Waals surface area contributed by atoms with Gasteiger partial charge in [0, 0.05) is 12.6 Å². The van der Waals surface area contributed by atoms with Crippen molar-refractivity contribution in [3.8, 4) is 11.6 Å². The van der Waals surface area contributed by atoms with Crippen LogP contribution in [-0.2, 0) is 13.5 Å². The molecular weight excluding hydrogens is 250 g/mol. The van der Waals surface area contributed by atoms with E-state index in [1.54, 1.807) is 4.68 Å². The zero-order chi connectivity index (χ0) is 14.7. The second-order valence-corrected chi connectivity index (χ2v) is 5.36. The van der Waals surface area contributed by atoms with Crippen LogP contribution in [0.4, 0.5) is 0 Å². The molecule has 0 saturated heterocycles. The van der Waals surface area contributed by atoms with Gasteiger partial charge in [-0.05, 0) is 43.5 Å². The van der Waals surface area contributed by atoms with Crippen LogP contribution in [0.1, 0.15) is 36.6 Å². The Hall–Kier alpha value is -1.81. The molecule has 1 heterocycles. The Kier molecular flexibility index (Phi) is 4.45. The Balaban J connectivity index is 2.32. The van der Waals surface area contributed by atoms with E-state index in [9.17, 15) is 0 Å². The van der Waals surface area contributed by atoms with Crippen LogP contribution >= 0.6 is 0 Å². The number of rotatable bonds is 5. The van der Waals surface area contributed by atoms with Crippen LogP contribution in [-0.4, -0.2) is 16.3 Å². The molecule has 0 aliphatic heterocycles. The monoisotopic (exact) mass is 273 g/mol. The van der Waals surface area contributed by atoms with Gasteiger partial charge in [-0.2, -0.15) is 5.10 Å². The lowest BCUT2D eigenvalue weighted by atomic mass is 10.0. The maximum absolute atomic E-state index is 6.05. The lowest BCUT2D eigenvalue weighted by molar-refractivity contribution is 0.425. The van der Waals surface area contributed by atoms with Crippen molar-refractivity contribution >= 4 is 0 Å². The fraction of sp³-hybridized carbons (Fsp3) is 0.438. The Morgan fingerprint density at radius 3 is 2.75 bits per heavy atom. The predicted molar refractivity (Wildman–Crippen MR) is 81.3 cm³/mol. The number of aromatic nitrogens is 2. The molecule has 0 unspecified atom stereocenters. The number of nitrogens with zero attached hydrogens (tertiary/aromatic N) is 2. The zero-order valence-corrected chi connectivity index (χ0v) is 12.7. The second-order valence-electron chi connectivity index (χ2n) is 5.36. The van der Waals surface area contributed by atoms with Crippen molar-refractivity contribution in [3.63, 3.8) is 0 Å². The third-order valence-corrected chi connectivity index (χ3v) is 3.42. The maximum Gasteiger partial charge on any atom is 0.221 e. The van der Waals surface area contributed by atoms with Gasteiger partial charge in [-0.1, -0.05) is 26.0 Å². The third-order valence-electron chi connectivity index (χ3n) is 3.42. The van der Waals surface area contributed by atoms with Gasteiger partial charge in [-0.25, -0.2) is 4.68 Å². The molecule has 0 atom stereocenters. The zero-order valence-electron chi connectivity index (χ0n) is 12.7. The molecule has 2 N–H and O–H groups in total. The smallest absolute Gasteiger partial charge is 0.221 e. The molecule has 0 aliphatic rings. The van der Waals surface area contributed by atoms with Crippen molar-refractivity contribution in [2.45, 2.75) is 33.1 Å². The van der Waals surface area contributed by atoms with Crippen LogP contribution in [0.25, 0.3) is 0 Å². The molecule has 0 bridgehead atoms. The Labute approximate surface area is 120 Å². The standard InChI is InChI=1S/C16H23N3O/c1-11(2)13-6-5-7-14(10-13)20-16-15(8-9-17)12(3)18-19(16)4/h5-7,10-11H,8-9,17H2,1-4H3. The SMILES string of the molecule is Cc1nn(C)c(Oc2cccc(C(C)C)c2)c1CCN. The second kappa shape index (κ2) is 6.09. The molecule has 108 valence electrons. The van der Waals surface area contributed by atoms with E-state index >= 15 is 0 Å². The Bertz CT molecular complexity index is 587. The van der Waals surface area contributed by atoms with Crippen LogP contribution in [0.2, 0.25) is 0 Å². The molecule has 2 rings (SSSR count). The summed E-state index contributed by atoms with van der Waals surface area (Å²) in [5.74, 6) is 2.11. The van der Waals surface area contributed by atoms with Gasteiger partial charge in [0.2, 0.25) is 5.88 Å². The summed E-state index contributed by atoms with van der Waals surface area (Å²) < 4.78 is 7.83. The average Bonchev–Trinajstić information content (AvgIpc) is 2.66.